The van der Waals surface area contributed by atoms with Crippen LogP contribution in [0.25, 0.3) is 27.9 Å². The van der Waals surface area contributed by atoms with Gasteiger partial charge in [-0.05, 0) is 12.5 Å². The second-order valence-corrected chi connectivity index (χ2v) is 5.85. The quantitative estimate of drug-likeness (QED) is 0.576. The lowest BCUT2D eigenvalue weighted by Gasteiger charge is -2.04. The summed E-state index contributed by atoms with van der Waals surface area (Å²) in [4.78, 5) is 16.8. The van der Waals surface area contributed by atoms with Gasteiger partial charge in [0.2, 0.25) is 0 Å². The molecule has 0 spiro atoms. The maximum Gasteiger partial charge on any atom is 0.283 e. The molecule has 24 heavy (non-hydrogen) atoms. The summed E-state index contributed by atoms with van der Waals surface area (Å²) >= 11 is 4.15. The van der Waals surface area contributed by atoms with Crippen LogP contribution in [0, 0.1) is 6.92 Å². The Kier molecular flexibility index (Phi) is 3.53. The van der Waals surface area contributed by atoms with Crippen molar-refractivity contribution in [3.63, 3.8) is 0 Å². The summed E-state index contributed by atoms with van der Waals surface area (Å²) < 4.78 is 3.07. The molecule has 4 rings (SSSR count). The van der Waals surface area contributed by atoms with Crippen LogP contribution >= 0.6 is 12.6 Å². The first-order valence-corrected chi connectivity index (χ1v) is 8.11. The van der Waals surface area contributed by atoms with Gasteiger partial charge in [-0.2, -0.15) is 22.2 Å². The zero-order valence-corrected chi connectivity index (χ0v) is 13.8. The van der Waals surface area contributed by atoms with Crippen LogP contribution < -0.4 is 5.56 Å². The Hall–Kier alpha value is -2.74. The van der Waals surface area contributed by atoms with E-state index >= 15 is 0 Å². The summed E-state index contributed by atoms with van der Waals surface area (Å²) in [5.41, 5.74) is 3.67. The van der Waals surface area contributed by atoms with E-state index in [9.17, 15) is 4.79 Å². The summed E-state index contributed by atoms with van der Waals surface area (Å²) in [6, 6.07) is 9.86. The second-order valence-electron chi connectivity index (χ2n) is 5.40. The number of rotatable bonds is 3. The summed E-state index contributed by atoms with van der Waals surface area (Å²) in [5, 5.41) is 12.9. The summed E-state index contributed by atoms with van der Waals surface area (Å²) in [6.45, 7) is 2.38. The third kappa shape index (κ3) is 2.18. The monoisotopic (exact) mass is 338 g/mol. The van der Waals surface area contributed by atoms with Crippen LogP contribution in [0.3, 0.4) is 0 Å². The zero-order valence-electron chi connectivity index (χ0n) is 12.9. The summed E-state index contributed by atoms with van der Waals surface area (Å²) in [6.07, 6.45) is 1.50. The molecule has 0 N–H and O–H groups in total. The van der Waals surface area contributed by atoms with Gasteiger partial charge in [0.05, 0.1) is 11.3 Å². The normalized spacial score (nSPS) is 11.4. The highest BCUT2D eigenvalue weighted by atomic mass is 32.1. The Balaban J connectivity index is 2.04. The lowest BCUT2D eigenvalue weighted by atomic mass is 10.1. The smallest absolute Gasteiger partial charge is 0.283 e. The van der Waals surface area contributed by atoms with E-state index < -0.39 is 0 Å². The molecule has 0 aliphatic heterocycles. The standard InChI is InChI=1S/C16H14N6OS/c1-10-12(11-5-3-2-4-6-11)14-19-18-13-15(22(14)20-10)17-9-21(7-8-24)16(13)23/h2-6,9,24H,7-8H2,1H3. The molecule has 3 heterocycles. The van der Waals surface area contributed by atoms with Gasteiger partial charge in [-0.1, -0.05) is 30.3 Å². The molecular formula is C16H14N6OS. The molecule has 0 radical (unpaired) electrons. The number of hydrogen-bond donors (Lipinski definition) is 1. The summed E-state index contributed by atoms with van der Waals surface area (Å²) in [5.74, 6) is 0.543. The Morgan fingerprint density at radius 1 is 1.12 bits per heavy atom. The number of hydrogen-bond acceptors (Lipinski definition) is 6. The molecule has 0 fully saturated rings. The second kappa shape index (κ2) is 5.72. The van der Waals surface area contributed by atoms with Gasteiger partial charge in [-0.3, -0.25) is 9.36 Å². The van der Waals surface area contributed by atoms with Gasteiger partial charge in [0.1, 0.15) is 6.33 Å². The molecule has 0 saturated carbocycles. The number of thiol groups is 1. The van der Waals surface area contributed by atoms with Crippen LogP contribution in [-0.4, -0.2) is 35.1 Å². The number of aromatic nitrogens is 6. The predicted molar refractivity (Wildman–Crippen MR) is 94.4 cm³/mol. The third-order valence-corrected chi connectivity index (χ3v) is 4.08. The summed E-state index contributed by atoms with van der Waals surface area (Å²) in [7, 11) is 0. The van der Waals surface area contributed by atoms with E-state index in [1.807, 2.05) is 37.3 Å². The van der Waals surface area contributed by atoms with Crippen molar-refractivity contribution in [3.05, 3.63) is 52.7 Å². The molecule has 8 heteroatoms. The molecule has 0 bridgehead atoms. The molecule has 0 unspecified atom stereocenters. The molecule has 0 atom stereocenters. The maximum absolute atomic E-state index is 12.5. The van der Waals surface area contributed by atoms with Crippen molar-refractivity contribution in [2.24, 2.45) is 0 Å². The number of aryl methyl sites for hydroxylation is 2. The Morgan fingerprint density at radius 2 is 1.92 bits per heavy atom. The van der Waals surface area contributed by atoms with E-state index in [-0.39, 0.29) is 11.1 Å². The highest BCUT2D eigenvalue weighted by Crippen LogP contribution is 2.27. The fourth-order valence-electron chi connectivity index (χ4n) is 2.77. The van der Waals surface area contributed by atoms with Crippen LogP contribution in [0.2, 0.25) is 0 Å². The molecule has 0 aliphatic rings. The van der Waals surface area contributed by atoms with Gasteiger partial charge in [0.15, 0.2) is 16.8 Å². The SMILES string of the molecule is Cc1nn2c(nnc3c(=O)n(CCS)cnc32)c1-c1ccccc1. The van der Waals surface area contributed by atoms with E-state index in [1.165, 1.54) is 10.9 Å². The highest BCUT2D eigenvalue weighted by molar-refractivity contribution is 7.80. The minimum Gasteiger partial charge on any atom is -0.296 e. The highest BCUT2D eigenvalue weighted by Gasteiger charge is 2.17. The van der Waals surface area contributed by atoms with Crippen molar-refractivity contribution in [2.75, 3.05) is 5.75 Å². The van der Waals surface area contributed by atoms with Crippen LogP contribution in [0.1, 0.15) is 5.69 Å². The van der Waals surface area contributed by atoms with Gasteiger partial charge in [-0.25, -0.2) is 4.98 Å². The van der Waals surface area contributed by atoms with Gasteiger partial charge < -0.3 is 0 Å². The maximum atomic E-state index is 12.5. The Bertz CT molecular complexity index is 1100. The van der Waals surface area contributed by atoms with Gasteiger partial charge in [0, 0.05) is 12.3 Å². The number of fused-ring (bicyclic) bond motifs is 3. The molecule has 0 amide bonds. The van der Waals surface area contributed by atoms with E-state index in [4.69, 9.17) is 0 Å². The first-order chi connectivity index (χ1) is 11.7. The average molecular weight is 338 g/mol. The minimum absolute atomic E-state index is 0.203. The third-order valence-electron chi connectivity index (χ3n) is 3.88. The number of nitrogens with zero attached hydrogens (tertiary/aromatic N) is 6. The topological polar surface area (TPSA) is 78.0 Å². The van der Waals surface area contributed by atoms with Crippen molar-refractivity contribution in [1.82, 2.24) is 29.4 Å². The van der Waals surface area contributed by atoms with Crippen LogP contribution in [-0.2, 0) is 6.54 Å². The molecule has 7 nitrogen and oxygen atoms in total. The van der Waals surface area contributed by atoms with Gasteiger partial charge in [-0.15, -0.1) is 10.2 Å². The molecule has 0 saturated heterocycles. The molecular weight excluding hydrogens is 324 g/mol. The Morgan fingerprint density at radius 3 is 2.67 bits per heavy atom. The fraction of sp³-hybridized carbons (Fsp3) is 0.188. The van der Waals surface area contributed by atoms with Gasteiger partial charge >= 0.3 is 0 Å². The first-order valence-electron chi connectivity index (χ1n) is 7.48. The van der Waals surface area contributed by atoms with Crippen molar-refractivity contribution in [1.29, 1.82) is 0 Å². The van der Waals surface area contributed by atoms with E-state index in [2.05, 4.69) is 32.9 Å². The lowest BCUT2D eigenvalue weighted by Crippen LogP contribution is -2.23. The van der Waals surface area contributed by atoms with Crippen LogP contribution in [0.15, 0.2) is 41.5 Å². The van der Waals surface area contributed by atoms with Crippen molar-refractivity contribution in [3.8, 4) is 11.1 Å². The molecule has 4 aromatic rings. The molecule has 3 aromatic heterocycles. The van der Waals surface area contributed by atoms with Crippen molar-refractivity contribution in [2.45, 2.75) is 13.5 Å². The van der Waals surface area contributed by atoms with Crippen LogP contribution in [0.5, 0.6) is 0 Å². The van der Waals surface area contributed by atoms with Crippen molar-refractivity contribution >= 4 is 29.4 Å². The van der Waals surface area contributed by atoms with E-state index in [1.54, 1.807) is 4.52 Å². The van der Waals surface area contributed by atoms with Crippen LogP contribution in [0.4, 0.5) is 0 Å². The zero-order chi connectivity index (χ0) is 16.7. The molecule has 120 valence electrons. The lowest BCUT2D eigenvalue weighted by molar-refractivity contribution is 0.717. The predicted octanol–water partition coefficient (Wildman–Crippen LogP) is 1.74. The van der Waals surface area contributed by atoms with Gasteiger partial charge in [0.25, 0.3) is 5.56 Å². The minimum atomic E-state index is -0.238. The first kappa shape index (κ1) is 14.8. The largest absolute Gasteiger partial charge is 0.296 e. The fourth-order valence-corrected chi connectivity index (χ4v) is 2.99. The molecule has 0 aliphatic carbocycles. The van der Waals surface area contributed by atoms with Crippen molar-refractivity contribution < 1.29 is 0 Å². The van der Waals surface area contributed by atoms with E-state index in [0.29, 0.717) is 23.6 Å². The average Bonchev–Trinajstić information content (AvgIpc) is 2.94. The molecule has 1 aromatic carbocycles. The number of benzene rings is 1. The Labute approximate surface area is 142 Å². The van der Waals surface area contributed by atoms with E-state index in [0.717, 1.165) is 16.8 Å².